The van der Waals surface area contributed by atoms with Gasteiger partial charge in [-0.3, -0.25) is 14.0 Å². The lowest BCUT2D eigenvalue weighted by Gasteiger charge is -2.17. The Balaban J connectivity index is 1.76. The number of imidazole rings is 1. The highest BCUT2D eigenvalue weighted by molar-refractivity contribution is 5.93. The Bertz CT molecular complexity index is 1200. The van der Waals surface area contributed by atoms with Crippen LogP contribution in [-0.2, 0) is 4.79 Å². The van der Waals surface area contributed by atoms with Crippen molar-refractivity contribution in [2.75, 3.05) is 13.6 Å². The molecule has 1 aromatic carbocycles. The normalized spacial score (nSPS) is 21.3. The van der Waals surface area contributed by atoms with Gasteiger partial charge in [-0.2, -0.15) is 0 Å². The molecule has 3 aromatic rings. The van der Waals surface area contributed by atoms with Gasteiger partial charge in [0.1, 0.15) is 0 Å². The third-order valence-corrected chi connectivity index (χ3v) is 5.24. The molecule has 1 fully saturated rings. The number of pyridine rings is 1. The topological polar surface area (TPSA) is 101 Å². The van der Waals surface area contributed by atoms with Gasteiger partial charge in [-0.25, -0.2) is 4.98 Å². The number of likely N-dealkylation sites (tertiary alicyclic amines) is 1. The number of aliphatic hydroxyl groups is 1. The number of primary amides is 1. The van der Waals surface area contributed by atoms with E-state index in [0.717, 1.165) is 11.1 Å². The average molecular weight is 388 g/mol. The molecule has 146 valence electrons. The second-order valence-corrected chi connectivity index (χ2v) is 7.29. The molecular formula is C22H20N4O3. The summed E-state index contributed by atoms with van der Waals surface area (Å²) in [6.07, 6.45) is 1.73. The monoisotopic (exact) mass is 388 g/mol. The fourth-order valence-corrected chi connectivity index (χ4v) is 3.64. The second-order valence-electron chi connectivity index (χ2n) is 7.29. The molecule has 0 bridgehead atoms. The number of carbonyl (C=O) groups is 2. The molecule has 4 rings (SSSR count). The number of hydrogen-bond acceptors (Lipinski definition) is 4. The Labute approximate surface area is 167 Å². The molecule has 0 aliphatic carbocycles. The Morgan fingerprint density at radius 3 is 2.79 bits per heavy atom. The highest BCUT2D eigenvalue weighted by Crippen LogP contribution is 2.28. The Kier molecular flexibility index (Phi) is 4.36. The minimum Gasteiger partial charge on any atom is -0.369 e. The van der Waals surface area contributed by atoms with Crippen LogP contribution in [0.2, 0.25) is 0 Å². The standard InChI is InChI=1S/C22H20N4O3/c1-14-13-25(2)21(28)22(14,29)10-9-15-6-5-7-16(12-15)18-17-8-3-4-11-26(17)20(24-18)19(23)27/h3-8,11-12,14,29H,13H2,1-2H3,(H2,23,27)/t14-,22?/m1/s1. The van der Waals surface area contributed by atoms with E-state index in [2.05, 4.69) is 16.8 Å². The highest BCUT2D eigenvalue weighted by Gasteiger charge is 2.48. The Hall–Kier alpha value is -3.63. The van der Waals surface area contributed by atoms with Crippen LogP contribution in [-0.4, -0.2) is 50.4 Å². The number of likely N-dealkylation sites (N-methyl/N-ethyl adjacent to an activating group) is 1. The first-order valence-electron chi connectivity index (χ1n) is 9.19. The summed E-state index contributed by atoms with van der Waals surface area (Å²) in [6.45, 7) is 2.26. The van der Waals surface area contributed by atoms with Gasteiger partial charge in [0.15, 0.2) is 0 Å². The van der Waals surface area contributed by atoms with Crippen LogP contribution in [0.15, 0.2) is 48.7 Å². The van der Waals surface area contributed by atoms with Crippen molar-refractivity contribution in [3.8, 4) is 23.1 Å². The van der Waals surface area contributed by atoms with Gasteiger partial charge >= 0.3 is 0 Å². The van der Waals surface area contributed by atoms with Crippen molar-refractivity contribution in [3.05, 3.63) is 60.0 Å². The zero-order valence-corrected chi connectivity index (χ0v) is 16.1. The molecule has 7 nitrogen and oxygen atoms in total. The van der Waals surface area contributed by atoms with Crippen LogP contribution >= 0.6 is 0 Å². The van der Waals surface area contributed by atoms with E-state index in [0.29, 0.717) is 17.8 Å². The fraction of sp³-hybridized carbons (Fsp3) is 0.227. The van der Waals surface area contributed by atoms with Gasteiger partial charge < -0.3 is 15.7 Å². The van der Waals surface area contributed by atoms with E-state index in [9.17, 15) is 14.7 Å². The lowest BCUT2D eigenvalue weighted by molar-refractivity contribution is -0.138. The molecular weight excluding hydrogens is 368 g/mol. The minimum absolute atomic E-state index is 0.148. The van der Waals surface area contributed by atoms with Crippen LogP contribution in [0, 0.1) is 17.8 Å². The number of rotatable bonds is 2. The van der Waals surface area contributed by atoms with Crippen molar-refractivity contribution in [2.45, 2.75) is 12.5 Å². The molecule has 2 aromatic heterocycles. The largest absolute Gasteiger partial charge is 0.369 e. The van der Waals surface area contributed by atoms with Crippen molar-refractivity contribution in [1.29, 1.82) is 0 Å². The van der Waals surface area contributed by atoms with E-state index in [1.165, 1.54) is 4.90 Å². The SMILES string of the molecule is C[C@@H]1CN(C)C(=O)C1(O)C#Cc1cccc(-c2nc(C(N)=O)n3ccccc23)c1. The Morgan fingerprint density at radius 1 is 1.31 bits per heavy atom. The van der Waals surface area contributed by atoms with Gasteiger partial charge in [0.05, 0.1) is 11.2 Å². The molecule has 0 radical (unpaired) electrons. The van der Waals surface area contributed by atoms with Crippen molar-refractivity contribution < 1.29 is 14.7 Å². The zero-order valence-electron chi connectivity index (χ0n) is 16.1. The molecule has 3 heterocycles. The number of carbonyl (C=O) groups excluding carboxylic acids is 2. The number of fused-ring (bicyclic) bond motifs is 1. The number of nitrogens with zero attached hydrogens (tertiary/aromatic N) is 3. The van der Waals surface area contributed by atoms with E-state index in [1.54, 1.807) is 36.7 Å². The number of nitrogens with two attached hydrogens (primary N) is 1. The fourth-order valence-electron chi connectivity index (χ4n) is 3.64. The number of benzene rings is 1. The van der Waals surface area contributed by atoms with E-state index in [4.69, 9.17) is 5.73 Å². The summed E-state index contributed by atoms with van der Waals surface area (Å²) >= 11 is 0. The number of aromatic nitrogens is 2. The van der Waals surface area contributed by atoms with Gasteiger partial charge in [-0.1, -0.05) is 37.0 Å². The molecule has 1 aliphatic heterocycles. The smallest absolute Gasteiger partial charge is 0.285 e. The molecule has 3 N–H and O–H groups in total. The van der Waals surface area contributed by atoms with Crippen LogP contribution in [0.4, 0.5) is 0 Å². The summed E-state index contributed by atoms with van der Waals surface area (Å²) in [5.41, 5.74) is 6.50. The maximum atomic E-state index is 12.3. The lowest BCUT2D eigenvalue weighted by atomic mass is 9.92. The summed E-state index contributed by atoms with van der Waals surface area (Å²) in [5, 5.41) is 10.7. The zero-order chi connectivity index (χ0) is 20.8. The van der Waals surface area contributed by atoms with Gasteiger partial charge in [0.25, 0.3) is 11.8 Å². The van der Waals surface area contributed by atoms with Gasteiger partial charge in [-0.05, 0) is 24.3 Å². The lowest BCUT2D eigenvalue weighted by Crippen LogP contribution is -2.40. The summed E-state index contributed by atoms with van der Waals surface area (Å²) in [6, 6.07) is 12.8. The highest BCUT2D eigenvalue weighted by atomic mass is 16.3. The number of hydrogen-bond donors (Lipinski definition) is 2. The van der Waals surface area contributed by atoms with Gasteiger partial charge in [0, 0.05) is 36.8 Å². The quantitative estimate of drug-likeness (QED) is 0.646. The molecule has 1 saturated heterocycles. The molecule has 29 heavy (non-hydrogen) atoms. The van der Waals surface area contributed by atoms with Gasteiger partial charge in [-0.15, -0.1) is 0 Å². The van der Waals surface area contributed by atoms with Crippen LogP contribution < -0.4 is 5.73 Å². The average Bonchev–Trinajstić information content (AvgIpc) is 3.19. The maximum Gasteiger partial charge on any atom is 0.285 e. The molecule has 1 unspecified atom stereocenters. The Morgan fingerprint density at radius 2 is 2.10 bits per heavy atom. The summed E-state index contributed by atoms with van der Waals surface area (Å²) < 4.78 is 1.65. The molecule has 2 atom stereocenters. The second kappa shape index (κ2) is 6.76. The number of amides is 2. The van der Waals surface area contributed by atoms with Crippen molar-refractivity contribution in [3.63, 3.8) is 0 Å². The van der Waals surface area contributed by atoms with E-state index >= 15 is 0 Å². The first-order chi connectivity index (χ1) is 13.8. The van der Waals surface area contributed by atoms with Crippen LogP contribution in [0.3, 0.4) is 0 Å². The third-order valence-electron chi connectivity index (χ3n) is 5.24. The summed E-state index contributed by atoms with van der Waals surface area (Å²) in [4.78, 5) is 29.9. The van der Waals surface area contributed by atoms with Crippen molar-refractivity contribution >= 4 is 17.3 Å². The molecule has 2 amide bonds. The predicted octanol–water partition coefficient (Wildman–Crippen LogP) is 1.29. The van der Waals surface area contributed by atoms with Crippen LogP contribution in [0.25, 0.3) is 16.8 Å². The van der Waals surface area contributed by atoms with E-state index in [-0.39, 0.29) is 17.6 Å². The maximum absolute atomic E-state index is 12.3. The molecule has 7 heteroatoms. The van der Waals surface area contributed by atoms with Crippen LogP contribution in [0.5, 0.6) is 0 Å². The third kappa shape index (κ3) is 3.04. The first-order valence-corrected chi connectivity index (χ1v) is 9.19. The summed E-state index contributed by atoms with van der Waals surface area (Å²) in [7, 11) is 1.65. The van der Waals surface area contributed by atoms with E-state index < -0.39 is 11.5 Å². The van der Waals surface area contributed by atoms with Crippen LogP contribution in [0.1, 0.15) is 23.1 Å². The molecule has 0 saturated carbocycles. The van der Waals surface area contributed by atoms with E-state index in [1.807, 2.05) is 30.3 Å². The first kappa shape index (κ1) is 18.7. The predicted molar refractivity (Wildman–Crippen MR) is 108 cm³/mol. The van der Waals surface area contributed by atoms with Crippen molar-refractivity contribution in [2.24, 2.45) is 11.7 Å². The molecule has 0 spiro atoms. The van der Waals surface area contributed by atoms with Crippen molar-refractivity contribution in [1.82, 2.24) is 14.3 Å². The minimum atomic E-state index is -1.69. The summed E-state index contributed by atoms with van der Waals surface area (Å²) in [5.74, 6) is 4.54. The molecule has 1 aliphatic rings. The van der Waals surface area contributed by atoms with Gasteiger partial charge in [0.2, 0.25) is 11.4 Å².